The normalized spacial score (nSPS) is 10.2. The summed E-state index contributed by atoms with van der Waals surface area (Å²) in [5.41, 5.74) is 1.55. The molecule has 3 nitrogen and oxygen atoms in total. The van der Waals surface area contributed by atoms with Crippen molar-refractivity contribution in [1.29, 1.82) is 0 Å². The third-order valence-corrected chi connectivity index (χ3v) is 2.04. The molecule has 0 aliphatic carbocycles. The minimum atomic E-state index is 0.632. The lowest BCUT2D eigenvalue weighted by molar-refractivity contribution is 0.112. The zero-order valence-corrected chi connectivity index (χ0v) is 7.20. The fourth-order valence-electron chi connectivity index (χ4n) is 1.44. The summed E-state index contributed by atoms with van der Waals surface area (Å²) >= 11 is 0. The van der Waals surface area contributed by atoms with Crippen LogP contribution in [0.2, 0.25) is 0 Å². The topological polar surface area (TPSA) is 42.1 Å². The molecule has 1 N–H and O–H groups in total. The van der Waals surface area contributed by atoms with E-state index in [1.807, 2.05) is 18.2 Å². The van der Waals surface area contributed by atoms with E-state index < -0.39 is 0 Å². The van der Waals surface area contributed by atoms with E-state index >= 15 is 0 Å². The quantitative estimate of drug-likeness (QED) is 0.709. The van der Waals surface area contributed by atoms with Gasteiger partial charge in [0.2, 0.25) is 0 Å². The van der Waals surface area contributed by atoms with Crippen LogP contribution in [-0.4, -0.2) is 18.4 Å². The number of nitrogens with one attached hydrogen (secondary N) is 1. The number of hydrogen-bond donors (Lipinski definition) is 1. The highest BCUT2D eigenvalue weighted by Gasteiger charge is 2.06. The second-order valence-electron chi connectivity index (χ2n) is 2.74. The number of methoxy groups -OCH3 is 1. The lowest BCUT2D eigenvalue weighted by atomic mass is 10.2. The van der Waals surface area contributed by atoms with Crippen molar-refractivity contribution in [3.63, 3.8) is 0 Å². The second-order valence-corrected chi connectivity index (χ2v) is 2.74. The van der Waals surface area contributed by atoms with E-state index in [9.17, 15) is 4.79 Å². The summed E-state index contributed by atoms with van der Waals surface area (Å²) in [6, 6.07) is 5.63. The standard InChI is InChI=1S/C10H9NO2/c1-13-9-4-2-3-8-10(9)7(6-12)5-11-8/h2-6,11H,1H3. The first-order valence-electron chi connectivity index (χ1n) is 3.96. The van der Waals surface area contributed by atoms with E-state index in [1.54, 1.807) is 13.3 Å². The number of rotatable bonds is 2. The number of aromatic amines is 1. The highest BCUT2D eigenvalue weighted by atomic mass is 16.5. The third-order valence-electron chi connectivity index (χ3n) is 2.04. The van der Waals surface area contributed by atoms with Crippen molar-refractivity contribution in [2.75, 3.05) is 7.11 Å². The van der Waals surface area contributed by atoms with Gasteiger partial charge in [0, 0.05) is 17.3 Å². The second kappa shape index (κ2) is 2.94. The van der Waals surface area contributed by atoms with Gasteiger partial charge in [-0.15, -0.1) is 0 Å². The van der Waals surface area contributed by atoms with Crippen LogP contribution in [0.5, 0.6) is 5.75 Å². The minimum absolute atomic E-state index is 0.632. The van der Waals surface area contributed by atoms with Gasteiger partial charge in [-0.3, -0.25) is 4.79 Å². The molecule has 0 atom stereocenters. The average molecular weight is 175 g/mol. The van der Waals surface area contributed by atoms with Crippen LogP contribution in [-0.2, 0) is 0 Å². The minimum Gasteiger partial charge on any atom is -0.496 e. The van der Waals surface area contributed by atoms with Crippen LogP contribution < -0.4 is 4.74 Å². The Labute approximate surface area is 75.3 Å². The number of carbonyl (C=O) groups excluding carboxylic acids is 1. The van der Waals surface area contributed by atoms with Crippen molar-refractivity contribution >= 4 is 17.2 Å². The van der Waals surface area contributed by atoms with Crippen LogP contribution in [0.1, 0.15) is 10.4 Å². The number of benzene rings is 1. The molecule has 2 rings (SSSR count). The van der Waals surface area contributed by atoms with Crippen LogP contribution in [0.15, 0.2) is 24.4 Å². The summed E-state index contributed by atoms with van der Waals surface area (Å²) in [4.78, 5) is 13.7. The van der Waals surface area contributed by atoms with Crippen LogP contribution in [0, 0.1) is 0 Å². The van der Waals surface area contributed by atoms with Crippen LogP contribution in [0.3, 0.4) is 0 Å². The molecule has 1 aromatic heterocycles. The Bertz CT molecular complexity index is 445. The highest BCUT2D eigenvalue weighted by Crippen LogP contribution is 2.27. The van der Waals surface area contributed by atoms with Crippen LogP contribution >= 0.6 is 0 Å². The molecule has 0 aliphatic heterocycles. The van der Waals surface area contributed by atoms with Gasteiger partial charge in [-0.1, -0.05) is 6.07 Å². The molecule has 0 amide bonds. The van der Waals surface area contributed by atoms with E-state index in [0.717, 1.165) is 22.9 Å². The largest absolute Gasteiger partial charge is 0.496 e. The van der Waals surface area contributed by atoms with Gasteiger partial charge in [0.1, 0.15) is 5.75 Å². The molecule has 0 saturated carbocycles. The molecule has 0 fully saturated rings. The number of aldehydes is 1. The van der Waals surface area contributed by atoms with Crippen molar-refractivity contribution in [2.45, 2.75) is 0 Å². The van der Waals surface area contributed by atoms with Gasteiger partial charge in [-0.2, -0.15) is 0 Å². The highest BCUT2D eigenvalue weighted by molar-refractivity contribution is 6.00. The first-order chi connectivity index (χ1) is 6.36. The Morgan fingerprint density at radius 3 is 3.00 bits per heavy atom. The number of carbonyl (C=O) groups is 1. The first kappa shape index (κ1) is 7.86. The summed E-state index contributed by atoms with van der Waals surface area (Å²) in [5, 5.41) is 0.847. The Balaban J connectivity index is 2.83. The molecule has 0 saturated heterocycles. The summed E-state index contributed by atoms with van der Waals surface area (Å²) < 4.78 is 5.15. The fraction of sp³-hybridized carbons (Fsp3) is 0.100. The maximum absolute atomic E-state index is 10.7. The van der Waals surface area contributed by atoms with Gasteiger partial charge in [0.25, 0.3) is 0 Å². The Morgan fingerprint density at radius 2 is 2.31 bits per heavy atom. The number of ether oxygens (including phenoxy) is 1. The van der Waals surface area contributed by atoms with Crippen LogP contribution in [0.25, 0.3) is 10.9 Å². The molecule has 1 heterocycles. The zero-order valence-electron chi connectivity index (χ0n) is 7.20. The molecular formula is C10H9NO2. The molecule has 0 bridgehead atoms. The van der Waals surface area contributed by atoms with Gasteiger partial charge in [-0.25, -0.2) is 0 Å². The first-order valence-corrected chi connectivity index (χ1v) is 3.96. The summed E-state index contributed by atoms with van der Waals surface area (Å²) in [6.45, 7) is 0. The molecule has 13 heavy (non-hydrogen) atoms. The lowest BCUT2D eigenvalue weighted by Crippen LogP contribution is -1.84. The van der Waals surface area contributed by atoms with Crippen molar-refractivity contribution in [3.8, 4) is 5.75 Å². The summed E-state index contributed by atoms with van der Waals surface area (Å²) in [5.74, 6) is 0.723. The van der Waals surface area contributed by atoms with Crippen molar-refractivity contribution in [3.05, 3.63) is 30.0 Å². The van der Waals surface area contributed by atoms with Gasteiger partial charge in [0.05, 0.1) is 12.5 Å². The number of aromatic nitrogens is 1. The molecule has 0 unspecified atom stereocenters. The average Bonchev–Trinajstić information content (AvgIpc) is 2.60. The number of hydrogen-bond acceptors (Lipinski definition) is 2. The van der Waals surface area contributed by atoms with E-state index in [-0.39, 0.29) is 0 Å². The van der Waals surface area contributed by atoms with Crippen LogP contribution in [0.4, 0.5) is 0 Å². The van der Waals surface area contributed by atoms with Crippen molar-refractivity contribution in [1.82, 2.24) is 4.98 Å². The smallest absolute Gasteiger partial charge is 0.152 e. The van der Waals surface area contributed by atoms with Gasteiger partial charge in [-0.05, 0) is 12.1 Å². The maximum atomic E-state index is 10.7. The maximum Gasteiger partial charge on any atom is 0.152 e. The van der Waals surface area contributed by atoms with E-state index in [2.05, 4.69) is 4.98 Å². The molecular weight excluding hydrogens is 166 g/mol. The van der Waals surface area contributed by atoms with Gasteiger partial charge in [0.15, 0.2) is 6.29 Å². The zero-order chi connectivity index (χ0) is 9.26. The lowest BCUT2D eigenvalue weighted by Gasteiger charge is -2.00. The third kappa shape index (κ3) is 1.09. The Kier molecular flexibility index (Phi) is 1.77. The monoisotopic (exact) mass is 175 g/mol. The molecule has 2 aromatic rings. The summed E-state index contributed by atoms with van der Waals surface area (Å²) in [7, 11) is 1.59. The fourth-order valence-corrected chi connectivity index (χ4v) is 1.44. The Morgan fingerprint density at radius 1 is 1.46 bits per heavy atom. The molecule has 0 spiro atoms. The molecule has 66 valence electrons. The summed E-state index contributed by atoms with van der Waals surface area (Å²) in [6.07, 6.45) is 2.50. The number of fused-ring (bicyclic) bond motifs is 1. The predicted molar refractivity (Wildman–Crippen MR) is 50.2 cm³/mol. The SMILES string of the molecule is COc1cccc2[nH]cc(C=O)c12. The predicted octanol–water partition coefficient (Wildman–Crippen LogP) is 1.99. The van der Waals surface area contributed by atoms with E-state index in [4.69, 9.17) is 4.74 Å². The van der Waals surface area contributed by atoms with E-state index in [1.165, 1.54) is 0 Å². The molecule has 3 heteroatoms. The van der Waals surface area contributed by atoms with Crippen molar-refractivity contribution in [2.24, 2.45) is 0 Å². The Hall–Kier alpha value is -1.77. The van der Waals surface area contributed by atoms with Gasteiger partial charge >= 0.3 is 0 Å². The molecule has 0 aliphatic rings. The molecule has 0 radical (unpaired) electrons. The molecule has 1 aromatic carbocycles. The van der Waals surface area contributed by atoms with Crippen molar-refractivity contribution < 1.29 is 9.53 Å². The van der Waals surface area contributed by atoms with E-state index in [0.29, 0.717) is 5.56 Å². The number of H-pyrrole nitrogens is 1. The van der Waals surface area contributed by atoms with Gasteiger partial charge < -0.3 is 9.72 Å².